The Kier molecular flexibility index (Phi) is 6.06. The van der Waals surface area contributed by atoms with Crippen LogP contribution in [-0.4, -0.2) is 21.2 Å². The predicted octanol–water partition coefficient (Wildman–Crippen LogP) is 0.314. The van der Waals surface area contributed by atoms with E-state index in [1.807, 2.05) is 18.2 Å². The van der Waals surface area contributed by atoms with Crippen LogP contribution in [0.2, 0.25) is 0 Å². The summed E-state index contributed by atoms with van der Waals surface area (Å²) >= 11 is 0.611. The number of aromatic nitrogens is 1. The molecule has 0 aliphatic rings. The Bertz CT molecular complexity index is 95.3. The summed E-state index contributed by atoms with van der Waals surface area (Å²) in [5, 5.41) is 0. The second-order valence-electron chi connectivity index (χ2n) is 1.02. The summed E-state index contributed by atoms with van der Waals surface area (Å²) in [6.45, 7) is 0. The monoisotopic (exact) mass is 123 g/mol. The molecule has 0 fully saturated rings. The molecule has 1 aromatic heterocycles. The Morgan fingerprint density at radius 1 is 1.00 bits per heavy atom. The van der Waals surface area contributed by atoms with Crippen LogP contribution in [-0.2, 0) is 3.80 Å². The minimum absolute atomic E-state index is 0.611. The second-order valence-corrected chi connectivity index (χ2v) is 1.02. The smallest absolute Gasteiger partial charge is 0.0267 e. The van der Waals surface area contributed by atoms with E-state index in [9.17, 15) is 0 Å². The van der Waals surface area contributed by atoms with Gasteiger partial charge >= 0.3 is 20.0 Å². The second kappa shape index (κ2) is 6.48. The van der Waals surface area contributed by atoms with Crippen LogP contribution in [0.4, 0.5) is 0 Å². The van der Waals surface area contributed by atoms with Gasteiger partial charge in [-0.15, -0.1) is 0 Å². The molecule has 0 amide bonds. The summed E-state index contributed by atoms with van der Waals surface area (Å²) in [4.78, 5) is 3.78. The first-order chi connectivity index (χ1) is 4.00. The number of pyridine rings is 1. The first kappa shape index (κ1) is 7.48. The molecular weight excluding hydrogens is 117 g/mol. The molecule has 0 radical (unpaired) electrons. The van der Waals surface area contributed by atoms with Crippen LogP contribution in [0.25, 0.3) is 0 Å². The molecule has 0 aliphatic heterocycles. The summed E-state index contributed by atoms with van der Waals surface area (Å²) in [5.41, 5.74) is 0. The van der Waals surface area contributed by atoms with Crippen molar-refractivity contribution in [1.82, 2.24) is 4.98 Å². The van der Waals surface area contributed by atoms with Gasteiger partial charge in [-0.05, 0) is 12.1 Å². The topological polar surface area (TPSA) is 30.0 Å². The van der Waals surface area contributed by atoms with E-state index in [4.69, 9.17) is 3.80 Å². The molecule has 40 valence electrons. The van der Waals surface area contributed by atoms with Crippen LogP contribution in [0.1, 0.15) is 0 Å². The van der Waals surface area contributed by atoms with E-state index < -0.39 is 0 Å². The molecule has 0 atom stereocenters. The van der Waals surface area contributed by atoms with Crippen molar-refractivity contribution in [3.8, 4) is 0 Å². The van der Waals surface area contributed by atoms with E-state index in [1.54, 1.807) is 12.4 Å². The Labute approximate surface area is 56.2 Å². The average molecular weight is 123 g/mol. The van der Waals surface area contributed by atoms with Gasteiger partial charge < -0.3 is 0 Å². The standard InChI is InChI=1S/C5H5N.Al.O.H/c1-2-4-6-5-3-1;;;/h1-5H;;;. The molecule has 0 N–H and O–H groups in total. The third-order valence-corrected chi connectivity index (χ3v) is 0.566. The fourth-order valence-electron chi connectivity index (χ4n) is 0.313. The molecule has 0 saturated carbocycles. The molecule has 0 spiro atoms. The molecule has 0 bridgehead atoms. The Morgan fingerprint density at radius 3 is 1.62 bits per heavy atom. The fourth-order valence-corrected chi connectivity index (χ4v) is 0.313. The Balaban J connectivity index is 0.000000222. The first-order valence-corrected chi connectivity index (χ1v) is 2.72. The zero-order valence-electron chi connectivity index (χ0n) is 4.45. The van der Waals surface area contributed by atoms with E-state index in [0.29, 0.717) is 16.2 Å². The normalized spacial score (nSPS) is 6.38. The molecule has 0 aliphatic carbocycles. The average Bonchev–Trinajstić information content (AvgIpc) is 1.96. The van der Waals surface area contributed by atoms with Crippen LogP contribution in [0, 0.1) is 0 Å². The molecule has 0 aromatic carbocycles. The van der Waals surface area contributed by atoms with Gasteiger partial charge in [0, 0.05) is 12.4 Å². The van der Waals surface area contributed by atoms with Gasteiger partial charge in [0.1, 0.15) is 0 Å². The van der Waals surface area contributed by atoms with Crippen LogP contribution >= 0.6 is 0 Å². The van der Waals surface area contributed by atoms with Crippen LogP contribution in [0.3, 0.4) is 0 Å². The summed E-state index contributed by atoms with van der Waals surface area (Å²) in [6, 6.07) is 5.72. The van der Waals surface area contributed by atoms with E-state index in [1.165, 1.54) is 0 Å². The van der Waals surface area contributed by atoms with Gasteiger partial charge in [0.15, 0.2) is 0 Å². The van der Waals surface area contributed by atoms with Crippen molar-refractivity contribution >= 4 is 16.2 Å². The number of rotatable bonds is 0. The van der Waals surface area contributed by atoms with Crippen LogP contribution in [0.5, 0.6) is 0 Å². The SMILES string of the molecule is [O]=[AlH].c1ccncc1. The number of nitrogens with zero attached hydrogens (tertiary/aromatic N) is 1. The predicted molar refractivity (Wildman–Crippen MR) is 32.1 cm³/mol. The minimum Gasteiger partial charge on any atom is -0.265 e. The van der Waals surface area contributed by atoms with Gasteiger partial charge in [0.2, 0.25) is 0 Å². The number of hydrogen-bond acceptors (Lipinski definition) is 2. The molecule has 3 heteroatoms. The van der Waals surface area contributed by atoms with E-state index in [2.05, 4.69) is 4.98 Å². The fraction of sp³-hybridized carbons (Fsp3) is 0. The molecule has 1 rings (SSSR count). The maximum Gasteiger partial charge on any atom is 0.0267 e. The molecule has 0 saturated heterocycles. The molecule has 1 heterocycles. The Morgan fingerprint density at radius 2 is 1.50 bits per heavy atom. The molecule has 0 unspecified atom stereocenters. The van der Waals surface area contributed by atoms with E-state index >= 15 is 0 Å². The van der Waals surface area contributed by atoms with Gasteiger partial charge in [0.05, 0.1) is 0 Å². The third-order valence-electron chi connectivity index (χ3n) is 0.566. The zero-order valence-corrected chi connectivity index (χ0v) is 5.86. The van der Waals surface area contributed by atoms with Crippen molar-refractivity contribution < 1.29 is 3.80 Å². The van der Waals surface area contributed by atoms with Gasteiger partial charge in [-0.2, -0.15) is 0 Å². The van der Waals surface area contributed by atoms with Crippen LogP contribution in [0.15, 0.2) is 30.6 Å². The summed E-state index contributed by atoms with van der Waals surface area (Å²) in [5.74, 6) is 0. The van der Waals surface area contributed by atoms with Crippen molar-refractivity contribution in [2.75, 3.05) is 0 Å². The van der Waals surface area contributed by atoms with E-state index in [-0.39, 0.29) is 0 Å². The van der Waals surface area contributed by atoms with Crippen molar-refractivity contribution in [2.45, 2.75) is 0 Å². The van der Waals surface area contributed by atoms with Crippen LogP contribution < -0.4 is 0 Å². The minimum atomic E-state index is 0.611. The molecule has 1 aromatic rings. The maximum atomic E-state index is 8.28. The largest absolute Gasteiger partial charge is 0.265 e. The van der Waals surface area contributed by atoms with Gasteiger partial charge in [-0.3, -0.25) is 4.98 Å². The van der Waals surface area contributed by atoms with Crippen molar-refractivity contribution in [1.29, 1.82) is 0 Å². The molecule has 8 heavy (non-hydrogen) atoms. The van der Waals surface area contributed by atoms with Gasteiger partial charge in [0.25, 0.3) is 0 Å². The van der Waals surface area contributed by atoms with Gasteiger partial charge in [-0.25, -0.2) is 0 Å². The zero-order chi connectivity index (χ0) is 6.24. The summed E-state index contributed by atoms with van der Waals surface area (Å²) < 4.78 is 8.28. The molecule has 2 nitrogen and oxygen atoms in total. The van der Waals surface area contributed by atoms with Crippen molar-refractivity contribution in [3.05, 3.63) is 30.6 Å². The maximum absolute atomic E-state index is 8.28. The van der Waals surface area contributed by atoms with E-state index in [0.717, 1.165) is 0 Å². The van der Waals surface area contributed by atoms with Crippen molar-refractivity contribution in [3.63, 3.8) is 0 Å². The summed E-state index contributed by atoms with van der Waals surface area (Å²) in [7, 11) is 0. The number of hydrogen-bond donors (Lipinski definition) is 0. The molecular formula is C5H6AlNO. The first-order valence-electron chi connectivity index (χ1n) is 2.14. The third kappa shape index (κ3) is 3.66. The van der Waals surface area contributed by atoms with Gasteiger partial charge in [-0.1, -0.05) is 6.07 Å². The quantitative estimate of drug-likeness (QED) is 0.465. The summed E-state index contributed by atoms with van der Waals surface area (Å²) in [6.07, 6.45) is 3.50. The Hall–Kier alpha value is -0.518. The van der Waals surface area contributed by atoms with Crippen molar-refractivity contribution in [2.24, 2.45) is 0 Å².